The highest BCUT2D eigenvalue weighted by molar-refractivity contribution is 9.10. The molecular weight excluding hydrogens is 431 g/mol. The van der Waals surface area contributed by atoms with Crippen LogP contribution < -0.4 is 0 Å². The van der Waals surface area contributed by atoms with E-state index in [-0.39, 0.29) is 11.3 Å². The van der Waals surface area contributed by atoms with Crippen LogP contribution in [0.4, 0.5) is 13.2 Å². The van der Waals surface area contributed by atoms with Gasteiger partial charge in [0.2, 0.25) is 0 Å². The van der Waals surface area contributed by atoms with Gasteiger partial charge in [-0.25, -0.2) is 0 Å². The molecule has 0 aliphatic heterocycles. The van der Waals surface area contributed by atoms with Crippen molar-refractivity contribution in [3.8, 4) is 33.7 Å². The minimum atomic E-state index is -4.49. The highest BCUT2D eigenvalue weighted by Crippen LogP contribution is 2.40. The second kappa shape index (κ2) is 7.28. The summed E-state index contributed by atoms with van der Waals surface area (Å²) in [6, 6.07) is 21.8. The Labute approximate surface area is 167 Å². The van der Waals surface area contributed by atoms with Gasteiger partial charge in [0.05, 0.1) is 5.56 Å². The van der Waals surface area contributed by atoms with Crippen LogP contribution in [0.5, 0.6) is 0 Å². The van der Waals surface area contributed by atoms with Gasteiger partial charge < -0.3 is 4.52 Å². The van der Waals surface area contributed by atoms with Crippen molar-refractivity contribution in [1.82, 2.24) is 5.16 Å². The van der Waals surface area contributed by atoms with Gasteiger partial charge in [-0.1, -0.05) is 75.7 Å². The minimum absolute atomic E-state index is 0.129. The molecule has 4 aromatic rings. The molecule has 0 N–H and O–H groups in total. The van der Waals surface area contributed by atoms with Gasteiger partial charge in [0, 0.05) is 21.7 Å². The molecule has 6 heteroatoms. The van der Waals surface area contributed by atoms with Crippen LogP contribution in [-0.2, 0) is 6.18 Å². The van der Waals surface area contributed by atoms with E-state index in [0.717, 1.165) is 16.1 Å². The minimum Gasteiger partial charge on any atom is -0.356 e. The van der Waals surface area contributed by atoms with Gasteiger partial charge in [0.15, 0.2) is 5.76 Å². The van der Waals surface area contributed by atoms with E-state index in [9.17, 15) is 13.2 Å². The lowest BCUT2D eigenvalue weighted by Gasteiger charge is -2.14. The molecule has 0 saturated heterocycles. The van der Waals surface area contributed by atoms with Gasteiger partial charge >= 0.3 is 6.18 Å². The molecule has 3 aromatic carbocycles. The van der Waals surface area contributed by atoms with Gasteiger partial charge in [-0.05, 0) is 29.3 Å². The summed E-state index contributed by atoms with van der Waals surface area (Å²) in [5, 5.41) is 3.99. The monoisotopic (exact) mass is 443 g/mol. The van der Waals surface area contributed by atoms with E-state index >= 15 is 0 Å². The molecule has 0 saturated carbocycles. The van der Waals surface area contributed by atoms with Crippen LogP contribution >= 0.6 is 15.9 Å². The van der Waals surface area contributed by atoms with Crippen molar-refractivity contribution in [1.29, 1.82) is 0 Å². The highest BCUT2D eigenvalue weighted by atomic mass is 79.9. The number of hydrogen-bond donors (Lipinski definition) is 0. The molecule has 28 heavy (non-hydrogen) atoms. The number of halogens is 4. The molecule has 140 valence electrons. The molecule has 0 spiro atoms. The van der Waals surface area contributed by atoms with E-state index in [1.54, 1.807) is 42.5 Å². The maximum Gasteiger partial charge on any atom is 0.417 e. The normalized spacial score (nSPS) is 11.6. The molecule has 0 radical (unpaired) electrons. The lowest BCUT2D eigenvalue weighted by atomic mass is 9.96. The first-order valence-electron chi connectivity index (χ1n) is 8.41. The van der Waals surface area contributed by atoms with E-state index < -0.39 is 11.7 Å². The van der Waals surface area contributed by atoms with Crippen LogP contribution in [-0.4, -0.2) is 5.16 Å². The maximum absolute atomic E-state index is 13.7. The van der Waals surface area contributed by atoms with Gasteiger partial charge in [-0.2, -0.15) is 13.2 Å². The molecular formula is C22H13BrF3NO. The van der Waals surface area contributed by atoms with E-state index in [4.69, 9.17) is 4.52 Å². The van der Waals surface area contributed by atoms with Crippen LogP contribution in [0.2, 0.25) is 0 Å². The lowest BCUT2D eigenvalue weighted by molar-refractivity contribution is -0.137. The van der Waals surface area contributed by atoms with Gasteiger partial charge in [0.25, 0.3) is 0 Å². The SMILES string of the molecule is FC(F)(F)c1cc(-c2cc(-c3ccc(Br)cc3)no2)ccc1-c1ccccc1. The topological polar surface area (TPSA) is 26.0 Å². The Balaban J connectivity index is 1.76. The molecule has 0 amide bonds. The van der Waals surface area contributed by atoms with Gasteiger partial charge in [-0.3, -0.25) is 0 Å². The summed E-state index contributed by atoms with van der Waals surface area (Å²) in [6.45, 7) is 0. The van der Waals surface area contributed by atoms with Crippen molar-refractivity contribution in [3.63, 3.8) is 0 Å². The summed E-state index contributed by atoms with van der Waals surface area (Å²) >= 11 is 3.36. The van der Waals surface area contributed by atoms with Gasteiger partial charge in [0.1, 0.15) is 5.69 Å². The number of nitrogens with zero attached hydrogens (tertiary/aromatic N) is 1. The van der Waals surface area contributed by atoms with Crippen LogP contribution in [0.15, 0.2) is 87.9 Å². The van der Waals surface area contributed by atoms with Crippen LogP contribution in [0.25, 0.3) is 33.7 Å². The number of alkyl halides is 3. The Morgan fingerprint density at radius 1 is 0.750 bits per heavy atom. The second-order valence-electron chi connectivity index (χ2n) is 6.21. The number of hydrogen-bond acceptors (Lipinski definition) is 2. The zero-order chi connectivity index (χ0) is 19.7. The first-order valence-corrected chi connectivity index (χ1v) is 9.21. The number of aromatic nitrogens is 1. The third-order valence-corrected chi connectivity index (χ3v) is 4.87. The lowest BCUT2D eigenvalue weighted by Crippen LogP contribution is -2.07. The van der Waals surface area contributed by atoms with Crippen LogP contribution in [0.3, 0.4) is 0 Å². The van der Waals surface area contributed by atoms with Crippen molar-refractivity contribution in [2.75, 3.05) is 0 Å². The smallest absolute Gasteiger partial charge is 0.356 e. The van der Waals surface area contributed by atoms with Crippen molar-refractivity contribution < 1.29 is 17.7 Å². The molecule has 4 rings (SSSR count). The summed E-state index contributed by atoms with van der Waals surface area (Å²) in [7, 11) is 0. The predicted molar refractivity (Wildman–Crippen MR) is 106 cm³/mol. The van der Waals surface area contributed by atoms with Gasteiger partial charge in [-0.15, -0.1) is 0 Å². The summed E-state index contributed by atoms with van der Waals surface area (Å²) < 4.78 is 47.3. The zero-order valence-corrected chi connectivity index (χ0v) is 16.0. The second-order valence-corrected chi connectivity index (χ2v) is 7.12. The molecule has 0 aliphatic carbocycles. The van der Waals surface area contributed by atoms with Crippen molar-refractivity contribution in [2.24, 2.45) is 0 Å². The summed E-state index contributed by atoms with van der Waals surface area (Å²) in [6.07, 6.45) is -4.49. The molecule has 1 aromatic heterocycles. The largest absolute Gasteiger partial charge is 0.417 e. The molecule has 1 heterocycles. The average molecular weight is 444 g/mol. The first-order chi connectivity index (χ1) is 13.4. The Bertz CT molecular complexity index is 1100. The standard InChI is InChI=1S/C22H13BrF3NO/c23-17-9-6-15(7-10-17)20-13-21(28-27-20)16-8-11-18(14-4-2-1-3-5-14)19(12-16)22(24,25)26/h1-13H. The summed E-state index contributed by atoms with van der Waals surface area (Å²) in [5.41, 5.74) is 1.62. The zero-order valence-electron chi connectivity index (χ0n) is 14.4. The maximum atomic E-state index is 13.7. The average Bonchev–Trinajstić information content (AvgIpc) is 3.18. The van der Waals surface area contributed by atoms with Crippen LogP contribution in [0, 0.1) is 0 Å². The fraction of sp³-hybridized carbons (Fsp3) is 0.0455. The van der Waals surface area contributed by atoms with Crippen molar-refractivity contribution in [2.45, 2.75) is 6.18 Å². The Morgan fingerprint density at radius 2 is 1.43 bits per heavy atom. The molecule has 0 aliphatic rings. The molecule has 0 bridgehead atoms. The Hall–Kier alpha value is -2.86. The first kappa shape index (κ1) is 18.5. The summed E-state index contributed by atoms with van der Waals surface area (Å²) in [5.74, 6) is 0.281. The van der Waals surface area contributed by atoms with E-state index in [1.165, 1.54) is 6.07 Å². The van der Waals surface area contributed by atoms with E-state index in [2.05, 4.69) is 21.1 Å². The highest BCUT2D eigenvalue weighted by Gasteiger charge is 2.34. The third-order valence-electron chi connectivity index (χ3n) is 4.34. The quantitative estimate of drug-likeness (QED) is 0.328. The van der Waals surface area contributed by atoms with Crippen LogP contribution in [0.1, 0.15) is 5.56 Å². The summed E-state index contributed by atoms with van der Waals surface area (Å²) in [4.78, 5) is 0. The van der Waals surface area contributed by atoms with Crippen molar-refractivity contribution in [3.05, 3.63) is 88.9 Å². The molecule has 0 fully saturated rings. The fourth-order valence-electron chi connectivity index (χ4n) is 2.97. The molecule has 2 nitrogen and oxygen atoms in total. The molecule has 0 unspecified atom stereocenters. The number of benzene rings is 3. The number of rotatable bonds is 3. The predicted octanol–water partition coefficient (Wildman–Crippen LogP) is 7.46. The molecule has 0 atom stereocenters. The Kier molecular flexibility index (Phi) is 4.81. The fourth-order valence-corrected chi connectivity index (χ4v) is 3.23. The van der Waals surface area contributed by atoms with Crippen molar-refractivity contribution >= 4 is 15.9 Å². The van der Waals surface area contributed by atoms with E-state index in [0.29, 0.717) is 16.8 Å². The van der Waals surface area contributed by atoms with E-state index in [1.807, 2.05) is 24.3 Å². The Morgan fingerprint density at radius 3 is 2.11 bits per heavy atom. The third kappa shape index (κ3) is 3.73.